The van der Waals surface area contributed by atoms with Crippen molar-refractivity contribution in [1.82, 2.24) is 15.5 Å². The molecule has 2 N–H and O–H groups in total. The van der Waals surface area contributed by atoms with Crippen LogP contribution >= 0.6 is 0 Å². The van der Waals surface area contributed by atoms with Gasteiger partial charge in [0.25, 0.3) is 0 Å². The Kier molecular flexibility index (Phi) is 6.06. The SMILES string of the molecule is CCC1CN(CC(=O)NCC(F)(F)F)C(CC)CN1. The number of hydrogen-bond acceptors (Lipinski definition) is 3. The first-order valence-corrected chi connectivity index (χ1v) is 6.66. The number of carbonyl (C=O) groups excluding carboxylic acids is 1. The van der Waals surface area contributed by atoms with Gasteiger partial charge in [0, 0.05) is 25.2 Å². The van der Waals surface area contributed by atoms with Crippen molar-refractivity contribution in [2.75, 3.05) is 26.2 Å². The lowest BCUT2D eigenvalue weighted by molar-refractivity contribution is -0.139. The molecule has 0 aromatic rings. The molecular formula is C12H22F3N3O. The maximum atomic E-state index is 12.0. The molecule has 112 valence electrons. The third-order valence-electron chi connectivity index (χ3n) is 3.41. The van der Waals surface area contributed by atoms with Crippen LogP contribution in [0.4, 0.5) is 13.2 Å². The molecule has 0 bridgehead atoms. The first-order chi connectivity index (χ1) is 8.85. The standard InChI is InChI=1S/C12H22F3N3O/c1-3-9-6-18(10(4-2)5-16-9)7-11(19)17-8-12(13,14)15/h9-10,16H,3-8H2,1-2H3,(H,17,19). The Morgan fingerprint density at radius 3 is 2.58 bits per heavy atom. The number of rotatable bonds is 5. The van der Waals surface area contributed by atoms with Crippen LogP contribution in [0.2, 0.25) is 0 Å². The lowest BCUT2D eigenvalue weighted by atomic mass is 10.1. The van der Waals surface area contributed by atoms with Crippen LogP contribution in [0.25, 0.3) is 0 Å². The number of amides is 1. The monoisotopic (exact) mass is 281 g/mol. The second kappa shape index (κ2) is 7.09. The third kappa shape index (κ3) is 5.78. The summed E-state index contributed by atoms with van der Waals surface area (Å²) in [6.07, 6.45) is -2.54. The van der Waals surface area contributed by atoms with E-state index in [1.165, 1.54) is 0 Å². The Labute approximate surface area is 111 Å². The Balaban J connectivity index is 2.45. The van der Waals surface area contributed by atoms with E-state index in [1.807, 2.05) is 24.1 Å². The summed E-state index contributed by atoms with van der Waals surface area (Å²) in [5.41, 5.74) is 0. The van der Waals surface area contributed by atoms with Gasteiger partial charge in [-0.25, -0.2) is 0 Å². The van der Waals surface area contributed by atoms with Crippen LogP contribution in [-0.4, -0.2) is 55.2 Å². The molecule has 1 aliphatic heterocycles. The Morgan fingerprint density at radius 2 is 2.05 bits per heavy atom. The molecule has 1 rings (SSSR count). The van der Waals surface area contributed by atoms with E-state index in [2.05, 4.69) is 5.32 Å². The summed E-state index contributed by atoms with van der Waals surface area (Å²) in [6, 6.07) is 0.512. The quantitative estimate of drug-likeness (QED) is 0.794. The average molecular weight is 281 g/mol. The van der Waals surface area contributed by atoms with Gasteiger partial charge in [-0.2, -0.15) is 13.2 Å². The topological polar surface area (TPSA) is 44.4 Å². The predicted molar refractivity (Wildman–Crippen MR) is 66.8 cm³/mol. The highest BCUT2D eigenvalue weighted by Crippen LogP contribution is 2.13. The first kappa shape index (κ1) is 16.2. The molecule has 0 radical (unpaired) electrons. The van der Waals surface area contributed by atoms with Crippen molar-refractivity contribution in [3.8, 4) is 0 Å². The smallest absolute Gasteiger partial charge is 0.346 e. The van der Waals surface area contributed by atoms with E-state index in [-0.39, 0.29) is 12.6 Å². The fourth-order valence-electron chi connectivity index (χ4n) is 2.24. The second-order valence-electron chi connectivity index (χ2n) is 4.90. The van der Waals surface area contributed by atoms with E-state index in [4.69, 9.17) is 0 Å². The van der Waals surface area contributed by atoms with Crippen molar-refractivity contribution in [3.63, 3.8) is 0 Å². The normalized spacial score (nSPS) is 25.3. The molecular weight excluding hydrogens is 259 g/mol. The third-order valence-corrected chi connectivity index (χ3v) is 3.41. The number of nitrogens with zero attached hydrogens (tertiary/aromatic N) is 1. The highest BCUT2D eigenvalue weighted by atomic mass is 19.4. The minimum Gasteiger partial charge on any atom is -0.346 e. The zero-order valence-corrected chi connectivity index (χ0v) is 11.4. The lowest BCUT2D eigenvalue weighted by Gasteiger charge is -2.39. The molecule has 1 amide bonds. The van der Waals surface area contributed by atoms with Gasteiger partial charge in [-0.3, -0.25) is 9.69 Å². The molecule has 1 saturated heterocycles. The Morgan fingerprint density at radius 1 is 1.37 bits per heavy atom. The summed E-state index contributed by atoms with van der Waals surface area (Å²) in [6.45, 7) is 4.32. The number of hydrogen-bond donors (Lipinski definition) is 2. The van der Waals surface area contributed by atoms with Crippen LogP contribution in [0.3, 0.4) is 0 Å². The van der Waals surface area contributed by atoms with Crippen LogP contribution in [-0.2, 0) is 4.79 Å². The highest BCUT2D eigenvalue weighted by molar-refractivity contribution is 5.78. The van der Waals surface area contributed by atoms with Crippen molar-refractivity contribution >= 4 is 5.91 Å². The lowest BCUT2D eigenvalue weighted by Crippen LogP contribution is -2.58. The largest absolute Gasteiger partial charge is 0.405 e. The molecule has 19 heavy (non-hydrogen) atoms. The highest BCUT2D eigenvalue weighted by Gasteiger charge is 2.30. The fourth-order valence-corrected chi connectivity index (χ4v) is 2.24. The van der Waals surface area contributed by atoms with Crippen LogP contribution in [0.15, 0.2) is 0 Å². The number of alkyl halides is 3. The van der Waals surface area contributed by atoms with Gasteiger partial charge in [0.1, 0.15) is 6.54 Å². The van der Waals surface area contributed by atoms with Crippen molar-refractivity contribution in [2.24, 2.45) is 0 Å². The van der Waals surface area contributed by atoms with E-state index >= 15 is 0 Å². The Hall–Kier alpha value is -0.820. The van der Waals surface area contributed by atoms with Crippen molar-refractivity contribution < 1.29 is 18.0 Å². The Bertz CT molecular complexity index is 296. The van der Waals surface area contributed by atoms with E-state index in [9.17, 15) is 18.0 Å². The molecule has 1 fully saturated rings. The van der Waals surface area contributed by atoms with Crippen LogP contribution in [0, 0.1) is 0 Å². The van der Waals surface area contributed by atoms with Gasteiger partial charge >= 0.3 is 6.18 Å². The summed E-state index contributed by atoms with van der Waals surface area (Å²) < 4.78 is 36.0. The number of halogens is 3. The van der Waals surface area contributed by atoms with Gasteiger partial charge in [-0.1, -0.05) is 13.8 Å². The van der Waals surface area contributed by atoms with Crippen LogP contribution in [0.1, 0.15) is 26.7 Å². The summed E-state index contributed by atoms with van der Waals surface area (Å²) in [5.74, 6) is -0.562. The molecule has 7 heteroatoms. The molecule has 4 nitrogen and oxygen atoms in total. The van der Waals surface area contributed by atoms with E-state index in [0.29, 0.717) is 12.6 Å². The zero-order chi connectivity index (χ0) is 14.5. The molecule has 2 atom stereocenters. The van der Waals surface area contributed by atoms with Gasteiger partial charge in [0.15, 0.2) is 0 Å². The molecule has 0 aliphatic carbocycles. The van der Waals surface area contributed by atoms with E-state index in [0.717, 1.165) is 19.4 Å². The molecule has 0 spiro atoms. The summed E-state index contributed by atoms with van der Waals surface area (Å²) in [4.78, 5) is 13.5. The predicted octanol–water partition coefficient (Wildman–Crippen LogP) is 1.13. The van der Waals surface area contributed by atoms with Gasteiger partial charge in [0.05, 0.1) is 6.54 Å². The first-order valence-electron chi connectivity index (χ1n) is 6.66. The molecule has 1 aliphatic rings. The van der Waals surface area contributed by atoms with Crippen molar-refractivity contribution in [2.45, 2.75) is 44.9 Å². The number of piperazine rings is 1. The molecule has 1 heterocycles. The number of nitrogens with one attached hydrogen (secondary N) is 2. The average Bonchev–Trinajstić information content (AvgIpc) is 2.35. The van der Waals surface area contributed by atoms with Gasteiger partial charge < -0.3 is 10.6 Å². The van der Waals surface area contributed by atoms with Crippen molar-refractivity contribution in [3.05, 3.63) is 0 Å². The summed E-state index contributed by atoms with van der Waals surface area (Å²) in [7, 11) is 0. The minimum atomic E-state index is -4.35. The molecule has 2 unspecified atom stereocenters. The van der Waals surface area contributed by atoms with Gasteiger partial charge in [0.2, 0.25) is 5.91 Å². The van der Waals surface area contributed by atoms with Gasteiger partial charge in [-0.05, 0) is 12.8 Å². The molecule has 0 aromatic carbocycles. The summed E-state index contributed by atoms with van der Waals surface area (Å²) in [5, 5.41) is 5.30. The maximum Gasteiger partial charge on any atom is 0.405 e. The minimum absolute atomic E-state index is 0.0345. The maximum absolute atomic E-state index is 12.0. The second-order valence-corrected chi connectivity index (χ2v) is 4.90. The fraction of sp³-hybridized carbons (Fsp3) is 0.917. The van der Waals surface area contributed by atoms with Gasteiger partial charge in [-0.15, -0.1) is 0 Å². The molecule has 0 saturated carbocycles. The number of carbonyl (C=O) groups is 1. The van der Waals surface area contributed by atoms with E-state index < -0.39 is 18.6 Å². The van der Waals surface area contributed by atoms with Crippen LogP contribution < -0.4 is 10.6 Å². The molecule has 0 aromatic heterocycles. The van der Waals surface area contributed by atoms with Crippen molar-refractivity contribution in [1.29, 1.82) is 0 Å². The van der Waals surface area contributed by atoms with Crippen LogP contribution in [0.5, 0.6) is 0 Å². The zero-order valence-electron chi connectivity index (χ0n) is 11.4. The van der Waals surface area contributed by atoms with E-state index in [1.54, 1.807) is 0 Å². The summed E-state index contributed by atoms with van der Waals surface area (Å²) >= 11 is 0.